The van der Waals surface area contributed by atoms with Crippen LogP contribution in [0.2, 0.25) is 4.82 Å². The van der Waals surface area contributed by atoms with Gasteiger partial charge in [-0.15, -0.1) is 0 Å². The molecule has 0 radical (unpaired) electrons. The molecule has 0 unspecified atom stereocenters. The van der Waals surface area contributed by atoms with Crippen molar-refractivity contribution < 1.29 is 4.92 Å². The van der Waals surface area contributed by atoms with E-state index in [-0.39, 0.29) is 36.4 Å². The Balaban J connectivity index is 1.99. The predicted molar refractivity (Wildman–Crippen MR) is 109 cm³/mol. The summed E-state index contributed by atoms with van der Waals surface area (Å²) in [7, 11) is 0. The molecule has 0 amide bonds. The van der Waals surface area contributed by atoms with E-state index in [1.165, 1.54) is 18.4 Å². The fraction of sp³-hybridized carbons (Fsp3) is 0.455. The first-order chi connectivity index (χ1) is 12.4. The van der Waals surface area contributed by atoms with Crippen molar-refractivity contribution in [1.82, 2.24) is 0 Å². The second-order valence-corrected chi connectivity index (χ2v) is 10.4. The Morgan fingerprint density at radius 1 is 1.42 bits per heavy atom. The van der Waals surface area contributed by atoms with Crippen LogP contribution in [0.1, 0.15) is 39.5 Å². The number of nitrogens with zero attached hydrogens (tertiary/aromatic N) is 1. The first kappa shape index (κ1) is 19.1. The molecule has 0 bridgehead atoms. The quantitative estimate of drug-likeness (QED) is 0.286. The fourth-order valence-corrected chi connectivity index (χ4v) is 7.80. The van der Waals surface area contributed by atoms with E-state index in [9.17, 15) is 10.1 Å². The van der Waals surface area contributed by atoms with Gasteiger partial charge in [0.25, 0.3) is 0 Å². The summed E-state index contributed by atoms with van der Waals surface area (Å²) in [5.74, 6) is 0.448. The summed E-state index contributed by atoms with van der Waals surface area (Å²) in [6.45, 7) is 13.2. The molecule has 1 fully saturated rings. The summed E-state index contributed by atoms with van der Waals surface area (Å²) in [5, 5.41) is 11.4. The van der Waals surface area contributed by atoms with E-state index in [2.05, 4.69) is 39.2 Å². The van der Waals surface area contributed by atoms with Gasteiger partial charge in [0.05, 0.1) is 0 Å². The van der Waals surface area contributed by atoms with Crippen molar-refractivity contribution in [3.63, 3.8) is 0 Å². The van der Waals surface area contributed by atoms with Gasteiger partial charge < -0.3 is 0 Å². The molecule has 0 spiro atoms. The molecule has 0 N–H and O–H groups in total. The monoisotopic (exact) mass is 417 g/mol. The number of para-hydroxylation sites is 1. The van der Waals surface area contributed by atoms with Crippen LogP contribution < -0.4 is 4.46 Å². The Morgan fingerprint density at radius 3 is 2.85 bits per heavy atom. The summed E-state index contributed by atoms with van der Waals surface area (Å²) in [6.07, 6.45) is 11.1. The third-order valence-corrected chi connectivity index (χ3v) is 9.70. The second-order valence-electron chi connectivity index (χ2n) is 7.79. The number of nitro benzene ring substituents is 1. The van der Waals surface area contributed by atoms with Crippen LogP contribution in [-0.2, 0) is 0 Å². The molecule has 0 saturated heterocycles. The Bertz CT molecular complexity index is 771. The summed E-state index contributed by atoms with van der Waals surface area (Å²) >= 11 is 0.0295. The van der Waals surface area contributed by atoms with Crippen LogP contribution in [0.4, 0.5) is 5.69 Å². The Kier molecular flexibility index (Phi) is 5.28. The zero-order valence-corrected chi connectivity index (χ0v) is 17.3. The minimum absolute atomic E-state index is 0.0123. The third kappa shape index (κ3) is 2.90. The molecule has 1 saturated carbocycles. The van der Waals surface area contributed by atoms with Crippen molar-refractivity contribution >= 4 is 25.1 Å². The van der Waals surface area contributed by atoms with Crippen molar-refractivity contribution in [1.29, 1.82) is 0 Å². The van der Waals surface area contributed by atoms with Gasteiger partial charge in [0.2, 0.25) is 0 Å². The number of fused-ring (bicyclic) bond motifs is 1. The maximum absolute atomic E-state index is 11.4. The summed E-state index contributed by atoms with van der Waals surface area (Å²) in [5.41, 5.74) is 1.70. The number of rotatable bonds is 5. The molecule has 0 aliphatic heterocycles. The van der Waals surface area contributed by atoms with Gasteiger partial charge in [-0.25, -0.2) is 0 Å². The molecular formula is C22H27NO2Se. The number of benzene rings is 1. The van der Waals surface area contributed by atoms with Gasteiger partial charge in [-0.05, 0) is 0 Å². The molecule has 138 valence electrons. The first-order valence-electron chi connectivity index (χ1n) is 9.24. The molecule has 26 heavy (non-hydrogen) atoms. The maximum atomic E-state index is 11.4. The zero-order valence-electron chi connectivity index (χ0n) is 15.6. The van der Waals surface area contributed by atoms with Gasteiger partial charge in [0.15, 0.2) is 0 Å². The predicted octanol–water partition coefficient (Wildman–Crippen LogP) is 5.23. The van der Waals surface area contributed by atoms with Crippen LogP contribution in [0.25, 0.3) is 0 Å². The molecule has 4 heteroatoms. The van der Waals surface area contributed by atoms with Crippen LogP contribution in [-0.4, -0.2) is 19.9 Å². The SMILES string of the molecule is C=CC[C@]12C=C[C@H]([Se]c3ccccc3[N+](=O)[O-])[C@H](C)[C@@]1(C)CCCC2=C. The topological polar surface area (TPSA) is 43.1 Å². The Hall–Kier alpha value is -1.64. The average molecular weight is 416 g/mol. The Morgan fingerprint density at radius 2 is 2.15 bits per heavy atom. The van der Waals surface area contributed by atoms with Crippen LogP contribution in [0, 0.1) is 26.9 Å². The normalized spacial score (nSPS) is 33.5. The molecule has 0 heterocycles. The van der Waals surface area contributed by atoms with E-state index >= 15 is 0 Å². The molecule has 0 aromatic heterocycles. The van der Waals surface area contributed by atoms with Gasteiger partial charge in [-0.1, -0.05) is 0 Å². The minimum atomic E-state index is -0.250. The van der Waals surface area contributed by atoms with E-state index < -0.39 is 0 Å². The van der Waals surface area contributed by atoms with Crippen LogP contribution in [0.5, 0.6) is 0 Å². The van der Waals surface area contributed by atoms with Crippen molar-refractivity contribution in [3.8, 4) is 0 Å². The van der Waals surface area contributed by atoms with Crippen molar-refractivity contribution in [2.45, 2.75) is 44.3 Å². The van der Waals surface area contributed by atoms with Gasteiger partial charge in [0, 0.05) is 0 Å². The van der Waals surface area contributed by atoms with Gasteiger partial charge in [-0.3, -0.25) is 0 Å². The van der Waals surface area contributed by atoms with E-state index in [1.54, 1.807) is 12.1 Å². The Labute approximate surface area is 162 Å². The number of hydrogen-bond donors (Lipinski definition) is 0. The van der Waals surface area contributed by atoms with Crippen molar-refractivity contribution in [3.05, 3.63) is 71.3 Å². The molecule has 4 atom stereocenters. The van der Waals surface area contributed by atoms with Crippen LogP contribution >= 0.6 is 0 Å². The van der Waals surface area contributed by atoms with E-state index in [4.69, 9.17) is 0 Å². The zero-order chi connectivity index (χ0) is 18.9. The van der Waals surface area contributed by atoms with E-state index in [1.807, 2.05) is 18.2 Å². The van der Waals surface area contributed by atoms with Crippen molar-refractivity contribution in [2.24, 2.45) is 16.7 Å². The molecule has 3 nitrogen and oxygen atoms in total. The fourth-order valence-electron chi connectivity index (χ4n) is 4.92. The van der Waals surface area contributed by atoms with Gasteiger partial charge in [-0.2, -0.15) is 0 Å². The number of allylic oxidation sites excluding steroid dienone is 4. The summed E-state index contributed by atoms with van der Waals surface area (Å²) in [6, 6.07) is 7.21. The van der Waals surface area contributed by atoms with Crippen molar-refractivity contribution in [2.75, 3.05) is 0 Å². The van der Waals surface area contributed by atoms with Gasteiger partial charge >= 0.3 is 162 Å². The second kappa shape index (κ2) is 7.17. The molecule has 2 aliphatic carbocycles. The third-order valence-electron chi connectivity index (χ3n) is 6.68. The van der Waals surface area contributed by atoms with Crippen LogP contribution in [0.15, 0.2) is 61.2 Å². The van der Waals surface area contributed by atoms with E-state index in [0.29, 0.717) is 10.7 Å². The molecule has 3 rings (SSSR count). The molecular weight excluding hydrogens is 389 g/mol. The summed E-state index contributed by atoms with van der Waals surface area (Å²) < 4.78 is 0.890. The van der Waals surface area contributed by atoms with Gasteiger partial charge in [0.1, 0.15) is 0 Å². The first-order valence-corrected chi connectivity index (χ1v) is 11.1. The molecule has 1 aromatic rings. The average Bonchev–Trinajstić information content (AvgIpc) is 2.61. The summed E-state index contributed by atoms with van der Waals surface area (Å²) in [4.78, 5) is 11.5. The standard InChI is InChI=1S/C22H27NO2Se/c1-5-13-22-15-12-19(17(3)21(22,4)14-8-9-16(22)2)26-20-11-7-6-10-18(20)23(24)25/h5-7,10-12,15,17,19H,1-2,8-9,13-14H2,3-4H3/t17-,19-,21+,22+/m0/s1. The van der Waals surface area contributed by atoms with Crippen LogP contribution in [0.3, 0.4) is 0 Å². The molecule has 2 aliphatic rings. The number of hydrogen-bond acceptors (Lipinski definition) is 2. The number of nitro groups is 1. The van der Waals surface area contributed by atoms with E-state index in [0.717, 1.165) is 17.3 Å². The molecule has 1 aromatic carbocycles.